The van der Waals surface area contributed by atoms with E-state index in [1.54, 1.807) is 36.0 Å². The summed E-state index contributed by atoms with van der Waals surface area (Å²) in [5.41, 5.74) is 2.93. The average molecular weight is 450 g/mol. The normalized spacial score (nSPS) is 14.5. The van der Waals surface area contributed by atoms with E-state index in [4.69, 9.17) is 0 Å². The van der Waals surface area contributed by atoms with Crippen LogP contribution in [0.25, 0.3) is 4.91 Å². The van der Waals surface area contributed by atoms with Crippen molar-refractivity contribution in [1.29, 1.82) is 0 Å². The Morgan fingerprint density at radius 2 is 1.90 bits per heavy atom. The van der Waals surface area contributed by atoms with E-state index in [0.29, 0.717) is 21.8 Å². The molecule has 31 heavy (non-hydrogen) atoms. The van der Waals surface area contributed by atoms with Crippen molar-refractivity contribution in [2.24, 2.45) is 0 Å². The molecule has 154 valence electrons. The van der Waals surface area contributed by atoms with Gasteiger partial charge < -0.3 is 16.0 Å². The molecule has 3 N–H and O–H groups in total. The van der Waals surface area contributed by atoms with Gasteiger partial charge in [0.15, 0.2) is 0 Å². The molecule has 5 rings (SSSR count). The van der Waals surface area contributed by atoms with Crippen LogP contribution in [-0.4, -0.2) is 17.7 Å². The largest absolute Gasteiger partial charge is 0.381 e. The highest BCUT2D eigenvalue weighted by Gasteiger charge is 2.22. The first kappa shape index (κ1) is 19.7. The van der Waals surface area contributed by atoms with Crippen molar-refractivity contribution >= 4 is 51.6 Å². The van der Waals surface area contributed by atoms with Crippen molar-refractivity contribution < 1.29 is 14.0 Å². The summed E-state index contributed by atoms with van der Waals surface area (Å²) in [6.45, 7) is 0. The summed E-state index contributed by atoms with van der Waals surface area (Å²) in [6, 6.07) is 16.9. The average Bonchev–Trinajstić information content (AvgIpc) is 3.27. The van der Waals surface area contributed by atoms with Gasteiger partial charge in [-0.25, -0.2) is 4.39 Å². The predicted molar refractivity (Wildman–Crippen MR) is 123 cm³/mol. The zero-order valence-corrected chi connectivity index (χ0v) is 17.7. The van der Waals surface area contributed by atoms with Gasteiger partial charge in [-0.15, -0.1) is 11.8 Å². The third-order valence-corrected chi connectivity index (χ3v) is 6.97. The summed E-state index contributed by atoms with van der Waals surface area (Å²) < 4.78 is 13.6. The van der Waals surface area contributed by atoms with Crippen LogP contribution in [0.1, 0.15) is 26.3 Å². The molecule has 3 aromatic rings. The highest BCUT2D eigenvalue weighted by Crippen LogP contribution is 2.39. The number of rotatable bonds is 3. The molecule has 0 bridgehead atoms. The maximum absolute atomic E-state index is 13.6. The van der Waals surface area contributed by atoms with Crippen molar-refractivity contribution in [1.82, 2.24) is 5.32 Å². The summed E-state index contributed by atoms with van der Waals surface area (Å²) >= 11 is 3.06. The van der Waals surface area contributed by atoms with E-state index in [-0.39, 0.29) is 11.5 Å². The van der Waals surface area contributed by atoms with Gasteiger partial charge in [-0.3, -0.25) is 9.59 Å². The third-order valence-electron chi connectivity index (χ3n) is 4.85. The number of halogens is 1. The van der Waals surface area contributed by atoms with Gasteiger partial charge >= 0.3 is 0 Å². The number of hydrogen-bond acceptors (Lipinski definition) is 5. The van der Waals surface area contributed by atoms with Gasteiger partial charge in [-0.05, 0) is 54.1 Å². The standard InChI is InChI=1S/C23H16FN3O2S2/c24-15-5-7-19-17(10-15)23(29)27-18-9-14(4-6-20(18)31-19)22(28)26-16-3-1-2-13(8-16)21-11-25-12-30-21/h1-11,25H,12H2,(H,26,28)(H,27,29). The number of benzene rings is 3. The third kappa shape index (κ3) is 4.04. The quantitative estimate of drug-likeness (QED) is 0.500. The molecular weight excluding hydrogens is 433 g/mol. The van der Waals surface area contributed by atoms with Crippen LogP contribution in [0.3, 0.4) is 0 Å². The van der Waals surface area contributed by atoms with E-state index in [2.05, 4.69) is 16.0 Å². The van der Waals surface area contributed by atoms with Gasteiger partial charge in [0.05, 0.1) is 17.1 Å². The number of thioether (sulfide) groups is 1. The molecule has 0 unspecified atom stereocenters. The van der Waals surface area contributed by atoms with E-state index in [1.165, 1.54) is 23.9 Å². The van der Waals surface area contributed by atoms with Gasteiger partial charge in [0, 0.05) is 32.1 Å². The Kier molecular flexibility index (Phi) is 5.17. The van der Waals surface area contributed by atoms with Crippen molar-refractivity contribution in [3.05, 3.63) is 89.4 Å². The van der Waals surface area contributed by atoms with Gasteiger partial charge in [-0.2, -0.15) is 0 Å². The zero-order valence-electron chi connectivity index (χ0n) is 16.1. The predicted octanol–water partition coefficient (Wildman–Crippen LogP) is 5.39. The summed E-state index contributed by atoms with van der Waals surface area (Å²) in [6.07, 6.45) is 1.96. The van der Waals surface area contributed by atoms with Crippen LogP contribution in [0.4, 0.5) is 15.8 Å². The smallest absolute Gasteiger partial charge is 0.256 e. The molecule has 2 amide bonds. The first-order valence-corrected chi connectivity index (χ1v) is 11.3. The molecule has 2 heterocycles. The molecule has 0 aromatic heterocycles. The molecule has 0 atom stereocenters. The minimum atomic E-state index is -0.467. The summed E-state index contributed by atoms with van der Waals surface area (Å²) in [5, 5.41) is 8.86. The van der Waals surface area contributed by atoms with Gasteiger partial charge in [-0.1, -0.05) is 23.9 Å². The Balaban J connectivity index is 1.38. The molecule has 5 nitrogen and oxygen atoms in total. The summed E-state index contributed by atoms with van der Waals surface area (Å²) in [5.74, 6) is -0.313. The number of hydrogen-bond donors (Lipinski definition) is 3. The summed E-state index contributed by atoms with van der Waals surface area (Å²) in [7, 11) is 0. The minimum Gasteiger partial charge on any atom is -0.381 e. The van der Waals surface area contributed by atoms with Crippen LogP contribution in [0, 0.1) is 5.82 Å². The zero-order chi connectivity index (χ0) is 21.4. The molecule has 0 fully saturated rings. The fourth-order valence-corrected chi connectivity index (χ4v) is 5.12. The first-order valence-electron chi connectivity index (χ1n) is 9.48. The van der Waals surface area contributed by atoms with E-state index < -0.39 is 11.7 Å². The number of amides is 2. The topological polar surface area (TPSA) is 70.2 Å². The van der Waals surface area contributed by atoms with Crippen LogP contribution in [0.2, 0.25) is 0 Å². The van der Waals surface area contributed by atoms with E-state index in [0.717, 1.165) is 21.2 Å². The van der Waals surface area contributed by atoms with Crippen LogP contribution < -0.4 is 16.0 Å². The van der Waals surface area contributed by atoms with E-state index in [1.807, 2.05) is 30.5 Å². The summed E-state index contributed by atoms with van der Waals surface area (Å²) in [4.78, 5) is 28.0. The molecule has 0 aliphatic carbocycles. The lowest BCUT2D eigenvalue weighted by atomic mass is 10.1. The molecule has 2 aliphatic rings. The Hall–Kier alpha value is -3.23. The minimum absolute atomic E-state index is 0.276. The Morgan fingerprint density at radius 3 is 2.74 bits per heavy atom. The van der Waals surface area contributed by atoms with Crippen LogP contribution >= 0.6 is 23.5 Å². The molecular formula is C23H16FN3O2S2. The van der Waals surface area contributed by atoms with Gasteiger partial charge in [0.25, 0.3) is 11.8 Å². The van der Waals surface area contributed by atoms with Gasteiger partial charge in [0.2, 0.25) is 0 Å². The van der Waals surface area contributed by atoms with Crippen LogP contribution in [0.5, 0.6) is 0 Å². The van der Waals surface area contributed by atoms with E-state index in [9.17, 15) is 14.0 Å². The second kappa shape index (κ2) is 8.13. The van der Waals surface area contributed by atoms with Gasteiger partial charge in [0.1, 0.15) is 5.82 Å². The van der Waals surface area contributed by atoms with Crippen molar-refractivity contribution in [3.63, 3.8) is 0 Å². The number of anilines is 2. The second-order valence-corrected chi connectivity index (χ2v) is 9.04. The number of carbonyl (C=O) groups is 2. The second-order valence-electron chi connectivity index (χ2n) is 6.94. The highest BCUT2D eigenvalue weighted by molar-refractivity contribution is 8.08. The van der Waals surface area contributed by atoms with Crippen LogP contribution in [-0.2, 0) is 0 Å². The first-order chi connectivity index (χ1) is 15.1. The fraction of sp³-hybridized carbons (Fsp3) is 0.0435. The maximum Gasteiger partial charge on any atom is 0.256 e. The fourth-order valence-electron chi connectivity index (χ4n) is 3.35. The number of fused-ring (bicyclic) bond motifs is 2. The molecule has 2 aliphatic heterocycles. The molecule has 3 aromatic carbocycles. The van der Waals surface area contributed by atoms with Crippen molar-refractivity contribution in [2.75, 3.05) is 16.5 Å². The number of nitrogens with one attached hydrogen (secondary N) is 3. The Labute approximate surface area is 186 Å². The lowest BCUT2D eigenvalue weighted by Crippen LogP contribution is -2.14. The molecule has 0 saturated carbocycles. The SMILES string of the molecule is O=C(Nc1cccc(C2=CNCS2)c1)c1ccc2c(c1)NC(=O)c1cc(F)ccc1S2. The lowest BCUT2D eigenvalue weighted by Gasteiger charge is -2.11. The molecule has 0 spiro atoms. The van der Waals surface area contributed by atoms with Crippen molar-refractivity contribution in [2.45, 2.75) is 9.79 Å². The van der Waals surface area contributed by atoms with Crippen molar-refractivity contribution in [3.8, 4) is 0 Å². The Bertz CT molecular complexity index is 1260. The monoisotopic (exact) mass is 449 g/mol. The van der Waals surface area contributed by atoms with E-state index >= 15 is 0 Å². The Morgan fingerprint density at radius 1 is 1.03 bits per heavy atom. The molecule has 0 radical (unpaired) electrons. The number of carbonyl (C=O) groups excluding carboxylic acids is 2. The molecule has 0 saturated heterocycles. The van der Waals surface area contributed by atoms with Crippen LogP contribution in [0.15, 0.2) is 76.7 Å². The lowest BCUT2D eigenvalue weighted by molar-refractivity contribution is 0.101. The highest BCUT2D eigenvalue weighted by atomic mass is 32.2. The maximum atomic E-state index is 13.6. The molecule has 8 heteroatoms.